The van der Waals surface area contributed by atoms with E-state index in [4.69, 9.17) is 0 Å². The van der Waals surface area contributed by atoms with Gasteiger partial charge >= 0.3 is 0 Å². The molecule has 1 fully saturated rings. The fraction of sp³-hybridized carbons (Fsp3) is 0.391. The highest BCUT2D eigenvalue weighted by Gasteiger charge is 2.21. The fourth-order valence-electron chi connectivity index (χ4n) is 3.74. The Hall–Kier alpha value is -2.51. The Bertz CT molecular complexity index is 999. The molecule has 7 heteroatoms. The molecule has 1 aliphatic rings. The van der Waals surface area contributed by atoms with E-state index in [1.165, 1.54) is 37.6 Å². The van der Waals surface area contributed by atoms with E-state index in [0.29, 0.717) is 17.0 Å². The van der Waals surface area contributed by atoms with E-state index in [9.17, 15) is 18.0 Å². The molecule has 0 bridgehead atoms. The van der Waals surface area contributed by atoms with E-state index in [0.717, 1.165) is 24.8 Å². The van der Waals surface area contributed by atoms with Crippen LogP contribution in [-0.2, 0) is 16.6 Å². The van der Waals surface area contributed by atoms with E-state index in [1.807, 2.05) is 0 Å². The van der Waals surface area contributed by atoms with Gasteiger partial charge in [-0.15, -0.1) is 0 Å². The van der Waals surface area contributed by atoms with Gasteiger partial charge in [0, 0.05) is 23.7 Å². The van der Waals surface area contributed by atoms with Crippen molar-refractivity contribution in [3.05, 3.63) is 65.2 Å². The summed E-state index contributed by atoms with van der Waals surface area (Å²) >= 11 is 0. The van der Waals surface area contributed by atoms with Gasteiger partial charge in [0.1, 0.15) is 0 Å². The first-order chi connectivity index (χ1) is 14.2. The molecule has 0 aliphatic heterocycles. The van der Waals surface area contributed by atoms with Crippen LogP contribution < -0.4 is 10.0 Å². The Balaban J connectivity index is 1.57. The lowest BCUT2D eigenvalue weighted by Crippen LogP contribution is -2.37. The normalized spacial score (nSPS) is 19.3. The molecule has 1 amide bonds. The topological polar surface area (TPSA) is 92.3 Å². The molecule has 3 rings (SSSR count). The van der Waals surface area contributed by atoms with Crippen molar-refractivity contribution in [3.8, 4) is 0 Å². The summed E-state index contributed by atoms with van der Waals surface area (Å²) in [6.07, 6.45) is 4.39. The summed E-state index contributed by atoms with van der Waals surface area (Å²) in [6, 6.07) is 13.0. The van der Waals surface area contributed by atoms with Crippen molar-refractivity contribution in [1.82, 2.24) is 10.0 Å². The van der Waals surface area contributed by atoms with Gasteiger partial charge < -0.3 is 5.32 Å². The monoisotopic (exact) mass is 428 g/mol. The summed E-state index contributed by atoms with van der Waals surface area (Å²) in [5.74, 6) is 0.430. The van der Waals surface area contributed by atoms with Gasteiger partial charge in [0.05, 0.1) is 4.90 Å². The fourth-order valence-corrected chi connectivity index (χ4v) is 4.76. The smallest absolute Gasteiger partial charge is 0.251 e. The van der Waals surface area contributed by atoms with Gasteiger partial charge in [0.25, 0.3) is 5.91 Å². The highest BCUT2D eigenvalue weighted by molar-refractivity contribution is 7.89. The summed E-state index contributed by atoms with van der Waals surface area (Å²) in [4.78, 5) is 23.9. The maximum Gasteiger partial charge on any atom is 0.251 e. The molecule has 1 saturated carbocycles. The lowest BCUT2D eigenvalue weighted by molar-refractivity contribution is 0.0920. The van der Waals surface area contributed by atoms with E-state index >= 15 is 0 Å². The number of nitrogens with one attached hydrogen (secondary N) is 2. The van der Waals surface area contributed by atoms with Gasteiger partial charge in [-0.2, -0.15) is 0 Å². The van der Waals surface area contributed by atoms with E-state index in [1.54, 1.807) is 24.3 Å². The second-order valence-electron chi connectivity index (χ2n) is 8.04. The van der Waals surface area contributed by atoms with Crippen LogP contribution in [0, 0.1) is 5.92 Å². The highest BCUT2D eigenvalue weighted by atomic mass is 32.2. The quantitative estimate of drug-likeness (QED) is 0.658. The average Bonchev–Trinajstić information content (AvgIpc) is 2.73. The minimum absolute atomic E-state index is 0.0909. The standard InChI is InChI=1S/C23H28N2O4S/c1-16-4-3-5-21(14-16)25-23(27)20-8-6-18(7-9-20)15-24-30(28,29)22-12-10-19(11-13-22)17(2)26/h6-13,16,21,24H,3-5,14-15H2,1-2H3,(H,25,27). The van der Waals surface area contributed by atoms with Crippen molar-refractivity contribution in [2.24, 2.45) is 5.92 Å². The van der Waals surface area contributed by atoms with Crippen LogP contribution in [0.4, 0.5) is 0 Å². The Labute approximate surface area is 178 Å². The van der Waals surface area contributed by atoms with E-state index in [-0.39, 0.29) is 29.2 Å². The Morgan fingerprint density at radius 2 is 1.60 bits per heavy atom. The first kappa shape index (κ1) is 22.2. The van der Waals surface area contributed by atoms with Crippen molar-refractivity contribution >= 4 is 21.7 Å². The molecule has 160 valence electrons. The molecule has 6 nitrogen and oxygen atoms in total. The summed E-state index contributed by atoms with van der Waals surface area (Å²) in [5, 5.41) is 3.10. The molecule has 2 aromatic rings. The lowest BCUT2D eigenvalue weighted by Gasteiger charge is -2.27. The van der Waals surface area contributed by atoms with Crippen LogP contribution in [-0.4, -0.2) is 26.2 Å². The predicted octanol–water partition coefficient (Wildman–Crippen LogP) is 3.68. The zero-order valence-electron chi connectivity index (χ0n) is 17.4. The minimum atomic E-state index is -3.69. The number of rotatable bonds is 7. The average molecular weight is 429 g/mol. The highest BCUT2D eigenvalue weighted by Crippen LogP contribution is 2.23. The lowest BCUT2D eigenvalue weighted by atomic mass is 9.87. The van der Waals surface area contributed by atoms with Crippen LogP contribution in [0.3, 0.4) is 0 Å². The van der Waals surface area contributed by atoms with Crippen LogP contribution in [0.15, 0.2) is 53.4 Å². The number of sulfonamides is 1. The van der Waals surface area contributed by atoms with Gasteiger partial charge in [-0.25, -0.2) is 13.1 Å². The van der Waals surface area contributed by atoms with Crippen molar-refractivity contribution < 1.29 is 18.0 Å². The van der Waals surface area contributed by atoms with Crippen molar-refractivity contribution in [2.45, 2.75) is 57.0 Å². The van der Waals surface area contributed by atoms with Crippen molar-refractivity contribution in [3.63, 3.8) is 0 Å². The number of benzene rings is 2. The van der Waals surface area contributed by atoms with Gasteiger partial charge in [-0.3, -0.25) is 9.59 Å². The number of hydrogen-bond acceptors (Lipinski definition) is 4. The summed E-state index contributed by atoms with van der Waals surface area (Å²) < 4.78 is 27.4. The molecule has 0 saturated heterocycles. The second kappa shape index (κ2) is 9.53. The largest absolute Gasteiger partial charge is 0.349 e. The summed E-state index contributed by atoms with van der Waals surface area (Å²) in [7, 11) is -3.69. The molecule has 30 heavy (non-hydrogen) atoms. The predicted molar refractivity (Wildman–Crippen MR) is 116 cm³/mol. The molecule has 0 aromatic heterocycles. The Kier molecular flexibility index (Phi) is 7.05. The first-order valence-electron chi connectivity index (χ1n) is 10.2. The molecule has 2 atom stereocenters. The zero-order valence-corrected chi connectivity index (χ0v) is 18.2. The number of carbonyl (C=O) groups is 2. The number of carbonyl (C=O) groups excluding carboxylic acids is 2. The molecule has 2 N–H and O–H groups in total. The molecule has 0 heterocycles. The Morgan fingerprint density at radius 1 is 0.967 bits per heavy atom. The molecule has 2 unspecified atom stereocenters. The zero-order chi connectivity index (χ0) is 21.7. The van der Waals surface area contributed by atoms with E-state index in [2.05, 4.69) is 17.0 Å². The third kappa shape index (κ3) is 5.77. The maximum absolute atomic E-state index is 12.5. The van der Waals surface area contributed by atoms with Crippen LogP contribution in [0.2, 0.25) is 0 Å². The molecule has 0 spiro atoms. The molecule has 2 aromatic carbocycles. The number of amides is 1. The summed E-state index contributed by atoms with van der Waals surface area (Å²) in [6.45, 7) is 3.76. The van der Waals surface area contributed by atoms with Gasteiger partial charge in [-0.05, 0) is 55.5 Å². The van der Waals surface area contributed by atoms with E-state index < -0.39 is 10.0 Å². The van der Waals surface area contributed by atoms with Crippen molar-refractivity contribution in [2.75, 3.05) is 0 Å². The van der Waals surface area contributed by atoms with Crippen molar-refractivity contribution in [1.29, 1.82) is 0 Å². The van der Waals surface area contributed by atoms with Crippen LogP contribution in [0.25, 0.3) is 0 Å². The van der Waals surface area contributed by atoms with Crippen LogP contribution in [0.1, 0.15) is 65.8 Å². The third-order valence-corrected chi connectivity index (χ3v) is 6.94. The maximum atomic E-state index is 12.5. The number of Topliss-reactive ketones (excluding diaryl/α,β-unsaturated/α-hetero) is 1. The molecular weight excluding hydrogens is 400 g/mol. The third-order valence-electron chi connectivity index (χ3n) is 5.53. The van der Waals surface area contributed by atoms with Gasteiger partial charge in [0.15, 0.2) is 5.78 Å². The first-order valence-corrected chi connectivity index (χ1v) is 11.7. The molecular formula is C23H28N2O4S. The van der Waals surface area contributed by atoms with Crippen LogP contribution in [0.5, 0.6) is 0 Å². The van der Waals surface area contributed by atoms with Gasteiger partial charge in [0.2, 0.25) is 10.0 Å². The molecule has 1 aliphatic carbocycles. The second-order valence-corrected chi connectivity index (χ2v) is 9.81. The SMILES string of the molecule is CC(=O)c1ccc(S(=O)(=O)NCc2ccc(C(=O)NC3CCCC(C)C3)cc2)cc1. The van der Waals surface area contributed by atoms with Crippen LogP contribution >= 0.6 is 0 Å². The van der Waals surface area contributed by atoms with Gasteiger partial charge in [-0.1, -0.05) is 44.0 Å². The summed E-state index contributed by atoms with van der Waals surface area (Å²) in [5.41, 5.74) is 1.78. The Morgan fingerprint density at radius 3 is 2.20 bits per heavy atom. The molecule has 0 radical (unpaired) electrons. The number of ketones is 1. The minimum Gasteiger partial charge on any atom is -0.349 e. The number of hydrogen-bond donors (Lipinski definition) is 2.